The van der Waals surface area contributed by atoms with Crippen LogP contribution in [0.4, 0.5) is 0 Å². The number of nitrogens with zero attached hydrogens (tertiary/aromatic N) is 1. The van der Waals surface area contributed by atoms with Crippen molar-refractivity contribution in [1.82, 2.24) is 9.71 Å². The fourth-order valence-electron chi connectivity index (χ4n) is 2.31. The third-order valence-corrected chi connectivity index (χ3v) is 5.69. The minimum Gasteiger partial charge on any atom is -0.255 e. The molecule has 2 nitrogen and oxygen atoms in total. The summed E-state index contributed by atoms with van der Waals surface area (Å²) in [6.45, 7) is 0. The van der Waals surface area contributed by atoms with Gasteiger partial charge in [0.1, 0.15) is 0 Å². The standard InChI is InChI=1S/C13H16N2S3/c16-10-7-4-8-11-12(10)14-13(17-11)18-15-9-5-2-1-3-6-9/h4,7-9,15-16H,1-3,5-6H2. The van der Waals surface area contributed by atoms with Gasteiger partial charge in [-0.1, -0.05) is 25.3 Å². The Hall–Kier alpha value is -0.230. The molecule has 0 spiro atoms. The second-order valence-electron chi connectivity index (χ2n) is 4.66. The minimum absolute atomic E-state index is 0.659. The van der Waals surface area contributed by atoms with Crippen molar-refractivity contribution >= 4 is 46.1 Å². The Balaban J connectivity index is 1.69. The van der Waals surface area contributed by atoms with Gasteiger partial charge in [-0.2, -0.15) is 0 Å². The zero-order chi connectivity index (χ0) is 12.4. The number of thiol groups is 1. The van der Waals surface area contributed by atoms with Gasteiger partial charge in [-0.3, -0.25) is 4.72 Å². The minimum atomic E-state index is 0.659. The lowest BCUT2D eigenvalue weighted by molar-refractivity contribution is 0.423. The maximum Gasteiger partial charge on any atom is 0.166 e. The van der Waals surface area contributed by atoms with Crippen molar-refractivity contribution in [3.05, 3.63) is 18.2 Å². The highest BCUT2D eigenvalue weighted by atomic mass is 32.2. The zero-order valence-electron chi connectivity index (χ0n) is 10.1. The van der Waals surface area contributed by atoms with E-state index in [0.29, 0.717) is 6.04 Å². The summed E-state index contributed by atoms with van der Waals surface area (Å²) < 4.78 is 5.87. The van der Waals surface area contributed by atoms with Gasteiger partial charge in [0, 0.05) is 10.9 Å². The van der Waals surface area contributed by atoms with Gasteiger partial charge in [-0.05, 0) is 36.9 Å². The summed E-state index contributed by atoms with van der Waals surface area (Å²) in [6.07, 6.45) is 6.72. The van der Waals surface area contributed by atoms with Gasteiger partial charge in [-0.15, -0.1) is 24.0 Å². The van der Waals surface area contributed by atoms with Crippen LogP contribution < -0.4 is 4.72 Å². The Labute approximate surface area is 121 Å². The largest absolute Gasteiger partial charge is 0.255 e. The summed E-state index contributed by atoms with van der Waals surface area (Å²) in [7, 11) is 0. The molecule has 0 unspecified atom stereocenters. The molecular weight excluding hydrogens is 280 g/mol. The maximum absolute atomic E-state index is 4.64. The third kappa shape index (κ3) is 2.85. The Morgan fingerprint density at radius 2 is 2.11 bits per heavy atom. The zero-order valence-corrected chi connectivity index (χ0v) is 12.6. The lowest BCUT2D eigenvalue weighted by atomic mass is 9.96. The summed E-state index contributed by atoms with van der Waals surface area (Å²) in [5.41, 5.74) is 1.03. The first-order chi connectivity index (χ1) is 8.83. The van der Waals surface area contributed by atoms with Gasteiger partial charge in [0.25, 0.3) is 0 Å². The van der Waals surface area contributed by atoms with Gasteiger partial charge in [-0.25, -0.2) is 4.98 Å². The number of benzene rings is 1. The predicted octanol–water partition coefficient (Wildman–Crippen LogP) is 4.51. The van der Waals surface area contributed by atoms with Crippen LogP contribution in [0.25, 0.3) is 10.2 Å². The SMILES string of the molecule is Sc1cccc2sc(SNC3CCCCC3)nc12. The molecule has 3 rings (SSSR count). The Bertz CT molecular complexity index is 532. The van der Waals surface area contributed by atoms with Gasteiger partial charge in [0.15, 0.2) is 4.34 Å². The molecule has 1 fully saturated rings. The van der Waals surface area contributed by atoms with Crippen molar-refractivity contribution in [2.45, 2.75) is 47.4 Å². The van der Waals surface area contributed by atoms with Gasteiger partial charge in [0.2, 0.25) is 0 Å². The van der Waals surface area contributed by atoms with Crippen LogP contribution in [-0.2, 0) is 0 Å². The van der Waals surface area contributed by atoms with E-state index in [4.69, 9.17) is 0 Å². The van der Waals surface area contributed by atoms with Crippen LogP contribution in [0.15, 0.2) is 27.4 Å². The monoisotopic (exact) mass is 296 g/mol. The number of thiazole rings is 1. The van der Waals surface area contributed by atoms with E-state index in [1.54, 1.807) is 23.3 Å². The van der Waals surface area contributed by atoms with E-state index in [1.165, 1.54) is 36.8 Å². The maximum atomic E-state index is 4.64. The number of aromatic nitrogens is 1. The van der Waals surface area contributed by atoms with Crippen molar-refractivity contribution in [2.75, 3.05) is 0 Å². The lowest BCUT2D eigenvalue weighted by Gasteiger charge is -2.21. The van der Waals surface area contributed by atoms with Crippen molar-refractivity contribution in [3.63, 3.8) is 0 Å². The van der Waals surface area contributed by atoms with Crippen molar-refractivity contribution in [2.24, 2.45) is 0 Å². The van der Waals surface area contributed by atoms with Crippen LogP contribution in [0.2, 0.25) is 0 Å². The average molecular weight is 296 g/mol. The molecule has 1 N–H and O–H groups in total. The van der Waals surface area contributed by atoms with E-state index < -0.39 is 0 Å². The summed E-state index contributed by atoms with van der Waals surface area (Å²) in [6, 6.07) is 6.79. The first-order valence-corrected chi connectivity index (χ1v) is 8.42. The highest BCUT2D eigenvalue weighted by Crippen LogP contribution is 2.32. The molecule has 2 aromatic rings. The van der Waals surface area contributed by atoms with E-state index >= 15 is 0 Å². The number of nitrogens with one attached hydrogen (secondary N) is 1. The van der Waals surface area contributed by atoms with Gasteiger partial charge >= 0.3 is 0 Å². The molecule has 5 heteroatoms. The molecule has 0 atom stereocenters. The molecule has 0 bridgehead atoms. The molecule has 1 heterocycles. The quantitative estimate of drug-likeness (QED) is 0.644. The fourth-order valence-corrected chi connectivity index (χ4v) is 4.59. The smallest absolute Gasteiger partial charge is 0.166 e. The molecule has 96 valence electrons. The molecule has 1 aliphatic rings. The van der Waals surface area contributed by atoms with Crippen LogP contribution >= 0.6 is 35.9 Å². The summed E-state index contributed by atoms with van der Waals surface area (Å²) >= 11 is 7.87. The molecule has 0 radical (unpaired) electrons. The molecule has 1 aromatic heterocycles. The normalized spacial score (nSPS) is 17.4. The van der Waals surface area contributed by atoms with Crippen LogP contribution in [0.1, 0.15) is 32.1 Å². The van der Waals surface area contributed by atoms with E-state index in [2.05, 4.69) is 28.4 Å². The number of fused-ring (bicyclic) bond motifs is 1. The third-order valence-electron chi connectivity index (χ3n) is 3.30. The van der Waals surface area contributed by atoms with Crippen molar-refractivity contribution in [3.8, 4) is 0 Å². The molecule has 1 aliphatic carbocycles. The van der Waals surface area contributed by atoms with Crippen molar-refractivity contribution in [1.29, 1.82) is 0 Å². The Kier molecular flexibility index (Phi) is 4.13. The van der Waals surface area contributed by atoms with Gasteiger partial charge < -0.3 is 0 Å². The van der Waals surface area contributed by atoms with E-state index in [9.17, 15) is 0 Å². The number of para-hydroxylation sites is 1. The molecule has 0 aliphatic heterocycles. The molecule has 18 heavy (non-hydrogen) atoms. The van der Waals surface area contributed by atoms with Crippen LogP contribution in [0, 0.1) is 0 Å². The molecule has 0 saturated heterocycles. The predicted molar refractivity (Wildman–Crippen MR) is 82.7 cm³/mol. The van der Waals surface area contributed by atoms with Crippen LogP contribution in [0.5, 0.6) is 0 Å². The van der Waals surface area contributed by atoms with E-state index in [0.717, 1.165) is 14.8 Å². The number of hydrogen-bond acceptors (Lipinski definition) is 5. The second kappa shape index (κ2) is 5.82. The van der Waals surface area contributed by atoms with Crippen LogP contribution in [-0.4, -0.2) is 11.0 Å². The Morgan fingerprint density at radius 1 is 1.28 bits per heavy atom. The molecular formula is C13H16N2S3. The highest BCUT2D eigenvalue weighted by molar-refractivity contribution is 7.99. The summed E-state index contributed by atoms with van der Waals surface area (Å²) in [5, 5.41) is 0. The summed E-state index contributed by atoms with van der Waals surface area (Å²) in [5.74, 6) is 0. The lowest BCUT2D eigenvalue weighted by Crippen LogP contribution is -2.25. The number of hydrogen-bond donors (Lipinski definition) is 2. The molecule has 0 amide bonds. The van der Waals surface area contributed by atoms with Gasteiger partial charge in [0.05, 0.1) is 10.2 Å². The first-order valence-electron chi connectivity index (χ1n) is 6.34. The Morgan fingerprint density at radius 3 is 2.89 bits per heavy atom. The fraction of sp³-hybridized carbons (Fsp3) is 0.462. The average Bonchev–Trinajstić information content (AvgIpc) is 2.82. The first kappa shape index (κ1) is 12.8. The van der Waals surface area contributed by atoms with E-state index in [-0.39, 0.29) is 0 Å². The topological polar surface area (TPSA) is 24.9 Å². The molecule has 1 saturated carbocycles. The summed E-state index contributed by atoms with van der Waals surface area (Å²) in [4.78, 5) is 5.61. The van der Waals surface area contributed by atoms with Crippen LogP contribution in [0.3, 0.4) is 0 Å². The van der Waals surface area contributed by atoms with E-state index in [1.807, 2.05) is 12.1 Å². The molecule has 1 aromatic carbocycles. The number of rotatable bonds is 3. The second-order valence-corrected chi connectivity index (χ2v) is 7.26. The highest BCUT2D eigenvalue weighted by Gasteiger charge is 2.14. The van der Waals surface area contributed by atoms with Crippen molar-refractivity contribution < 1.29 is 0 Å².